The van der Waals surface area contributed by atoms with Crippen molar-refractivity contribution in [1.82, 2.24) is 14.7 Å². The monoisotopic (exact) mass is 344 g/mol. The van der Waals surface area contributed by atoms with Gasteiger partial charge in [-0.3, -0.25) is 9.59 Å². The van der Waals surface area contributed by atoms with Gasteiger partial charge in [-0.2, -0.15) is 5.10 Å². The number of hydrogen-bond donors (Lipinski definition) is 1. The smallest absolute Gasteiger partial charge is 0.228 e. The van der Waals surface area contributed by atoms with E-state index in [4.69, 9.17) is 0 Å². The number of piperidine rings is 1. The van der Waals surface area contributed by atoms with Gasteiger partial charge in [0.2, 0.25) is 11.8 Å². The Labute approximate surface area is 148 Å². The molecule has 1 aromatic heterocycles. The van der Waals surface area contributed by atoms with Gasteiger partial charge in [-0.1, -0.05) is 19.3 Å². The largest absolute Gasteiger partial charge is 0.342 e. The molecule has 2 aliphatic carbocycles. The Bertz CT molecular complexity index is 623. The van der Waals surface area contributed by atoms with Gasteiger partial charge in [0.15, 0.2) is 0 Å². The molecule has 2 heterocycles. The minimum atomic E-state index is -0.00189. The molecule has 1 N–H and O–H groups in total. The van der Waals surface area contributed by atoms with Gasteiger partial charge in [0.05, 0.1) is 12.2 Å². The molecule has 1 aliphatic heterocycles. The molecule has 6 heteroatoms. The van der Waals surface area contributed by atoms with Crippen LogP contribution in [0.15, 0.2) is 12.3 Å². The number of anilines is 1. The summed E-state index contributed by atoms with van der Waals surface area (Å²) in [7, 11) is 0. The number of nitrogens with zero attached hydrogens (tertiary/aromatic N) is 3. The van der Waals surface area contributed by atoms with Gasteiger partial charge in [-0.15, -0.1) is 0 Å². The first-order chi connectivity index (χ1) is 12.2. The Balaban J connectivity index is 1.32. The van der Waals surface area contributed by atoms with Crippen molar-refractivity contribution in [2.45, 2.75) is 63.8 Å². The number of nitrogens with one attached hydrogen (secondary N) is 1. The summed E-state index contributed by atoms with van der Waals surface area (Å²) < 4.78 is 2.00. The zero-order valence-corrected chi connectivity index (χ0v) is 14.8. The second kappa shape index (κ2) is 7.18. The van der Waals surface area contributed by atoms with Gasteiger partial charge < -0.3 is 10.2 Å². The Morgan fingerprint density at radius 1 is 0.960 bits per heavy atom. The summed E-state index contributed by atoms with van der Waals surface area (Å²) >= 11 is 0. The molecule has 1 saturated heterocycles. The van der Waals surface area contributed by atoms with E-state index in [9.17, 15) is 9.59 Å². The third-order valence-corrected chi connectivity index (χ3v) is 5.95. The van der Waals surface area contributed by atoms with Crippen LogP contribution in [0.4, 0.5) is 5.82 Å². The van der Waals surface area contributed by atoms with E-state index in [0.717, 1.165) is 57.4 Å². The van der Waals surface area contributed by atoms with Crippen LogP contribution in [0, 0.1) is 11.8 Å². The van der Waals surface area contributed by atoms with E-state index < -0.39 is 0 Å². The maximum atomic E-state index is 12.7. The van der Waals surface area contributed by atoms with Crippen LogP contribution in [0.3, 0.4) is 0 Å². The Morgan fingerprint density at radius 3 is 2.36 bits per heavy atom. The molecule has 0 spiro atoms. The van der Waals surface area contributed by atoms with Gasteiger partial charge in [-0.25, -0.2) is 4.68 Å². The summed E-state index contributed by atoms with van der Waals surface area (Å²) in [4.78, 5) is 26.7. The van der Waals surface area contributed by atoms with E-state index in [1.807, 2.05) is 15.6 Å². The lowest BCUT2D eigenvalue weighted by Gasteiger charge is -2.31. The zero-order chi connectivity index (χ0) is 17.2. The third kappa shape index (κ3) is 3.72. The molecule has 25 heavy (non-hydrogen) atoms. The third-order valence-electron chi connectivity index (χ3n) is 5.95. The highest BCUT2D eigenvalue weighted by Gasteiger charge is 2.36. The standard InChI is InChI=1S/C19H28N4O2/c24-18(14-9-12-22(13-10-14)19(25)15-6-7-15)21-17-8-11-20-23(17)16-4-2-1-3-5-16/h8,11,14-16H,1-7,9-10,12-13H2,(H,21,24). The molecule has 6 nitrogen and oxygen atoms in total. The summed E-state index contributed by atoms with van der Waals surface area (Å²) in [5.74, 6) is 1.48. The SMILES string of the molecule is O=C(Nc1ccnn1C1CCCCC1)C1CCN(C(=O)C2CC2)CC1. The molecule has 2 amide bonds. The van der Waals surface area contributed by atoms with Crippen molar-refractivity contribution in [2.75, 3.05) is 18.4 Å². The molecule has 0 radical (unpaired) electrons. The van der Waals surface area contributed by atoms with E-state index in [-0.39, 0.29) is 17.7 Å². The minimum absolute atomic E-state index is 0.00189. The summed E-state index contributed by atoms with van der Waals surface area (Å²) in [6.07, 6.45) is 11.5. The number of likely N-dealkylation sites (tertiary alicyclic amines) is 1. The normalized spacial score (nSPS) is 22.8. The second-order valence-corrected chi connectivity index (χ2v) is 7.82. The molecular formula is C19H28N4O2. The van der Waals surface area contributed by atoms with Crippen LogP contribution in [-0.2, 0) is 9.59 Å². The van der Waals surface area contributed by atoms with Gasteiger partial charge in [-0.05, 0) is 38.5 Å². The maximum Gasteiger partial charge on any atom is 0.228 e. The van der Waals surface area contributed by atoms with E-state index in [2.05, 4.69) is 10.4 Å². The molecule has 3 fully saturated rings. The number of amides is 2. The molecule has 0 bridgehead atoms. The average Bonchev–Trinajstić information content (AvgIpc) is 3.41. The van der Waals surface area contributed by atoms with Crippen LogP contribution < -0.4 is 5.32 Å². The first-order valence-corrected chi connectivity index (χ1v) is 9.85. The van der Waals surface area contributed by atoms with Gasteiger partial charge in [0.25, 0.3) is 0 Å². The predicted molar refractivity (Wildman–Crippen MR) is 95.0 cm³/mol. The fourth-order valence-electron chi connectivity index (χ4n) is 4.21. The topological polar surface area (TPSA) is 67.2 Å². The van der Waals surface area contributed by atoms with E-state index in [1.165, 1.54) is 19.3 Å². The Morgan fingerprint density at radius 2 is 1.68 bits per heavy atom. The van der Waals surface area contributed by atoms with Crippen molar-refractivity contribution in [1.29, 1.82) is 0 Å². The fraction of sp³-hybridized carbons (Fsp3) is 0.737. The summed E-state index contributed by atoms with van der Waals surface area (Å²) in [6, 6.07) is 2.31. The number of aromatic nitrogens is 2. The van der Waals surface area contributed by atoms with E-state index >= 15 is 0 Å². The van der Waals surface area contributed by atoms with Gasteiger partial charge >= 0.3 is 0 Å². The number of rotatable bonds is 4. The fourth-order valence-corrected chi connectivity index (χ4v) is 4.21. The van der Waals surface area contributed by atoms with Crippen molar-refractivity contribution in [2.24, 2.45) is 11.8 Å². The molecule has 1 aromatic rings. The maximum absolute atomic E-state index is 12.7. The van der Waals surface area contributed by atoms with Crippen LogP contribution in [0.2, 0.25) is 0 Å². The number of carbonyl (C=O) groups excluding carboxylic acids is 2. The Hall–Kier alpha value is -1.85. The Kier molecular flexibility index (Phi) is 4.77. The summed E-state index contributed by atoms with van der Waals surface area (Å²) in [5.41, 5.74) is 0. The number of carbonyl (C=O) groups is 2. The van der Waals surface area contributed by atoms with Crippen molar-refractivity contribution in [3.63, 3.8) is 0 Å². The van der Waals surface area contributed by atoms with Gasteiger partial charge in [0.1, 0.15) is 5.82 Å². The van der Waals surface area contributed by atoms with E-state index in [1.54, 1.807) is 6.20 Å². The van der Waals surface area contributed by atoms with Crippen LogP contribution in [0.5, 0.6) is 0 Å². The predicted octanol–water partition coefficient (Wildman–Crippen LogP) is 2.98. The zero-order valence-electron chi connectivity index (χ0n) is 14.8. The van der Waals surface area contributed by atoms with Crippen LogP contribution >= 0.6 is 0 Å². The molecule has 0 atom stereocenters. The molecule has 3 aliphatic rings. The summed E-state index contributed by atoms with van der Waals surface area (Å²) in [6.45, 7) is 1.44. The van der Waals surface area contributed by atoms with Crippen molar-refractivity contribution in [3.05, 3.63) is 12.3 Å². The van der Waals surface area contributed by atoms with Crippen molar-refractivity contribution in [3.8, 4) is 0 Å². The highest BCUT2D eigenvalue weighted by atomic mass is 16.2. The average molecular weight is 344 g/mol. The molecule has 4 rings (SSSR count). The first kappa shape index (κ1) is 16.6. The molecular weight excluding hydrogens is 316 g/mol. The van der Waals surface area contributed by atoms with Crippen LogP contribution in [0.25, 0.3) is 0 Å². The highest BCUT2D eigenvalue weighted by molar-refractivity contribution is 5.92. The molecule has 0 aromatic carbocycles. The highest BCUT2D eigenvalue weighted by Crippen LogP contribution is 2.33. The second-order valence-electron chi connectivity index (χ2n) is 7.82. The summed E-state index contributed by atoms with van der Waals surface area (Å²) in [5, 5.41) is 7.54. The van der Waals surface area contributed by atoms with Crippen molar-refractivity contribution < 1.29 is 9.59 Å². The molecule has 2 saturated carbocycles. The quantitative estimate of drug-likeness (QED) is 0.913. The lowest BCUT2D eigenvalue weighted by atomic mass is 9.95. The first-order valence-electron chi connectivity index (χ1n) is 9.85. The van der Waals surface area contributed by atoms with Crippen molar-refractivity contribution >= 4 is 17.6 Å². The van der Waals surface area contributed by atoms with Gasteiger partial charge in [0, 0.05) is 31.0 Å². The molecule has 136 valence electrons. The van der Waals surface area contributed by atoms with Crippen LogP contribution in [-0.4, -0.2) is 39.6 Å². The molecule has 0 unspecified atom stereocenters. The minimum Gasteiger partial charge on any atom is -0.342 e. The lowest BCUT2D eigenvalue weighted by Crippen LogP contribution is -2.42. The van der Waals surface area contributed by atoms with Crippen LogP contribution in [0.1, 0.15) is 63.8 Å². The number of hydrogen-bond acceptors (Lipinski definition) is 3. The lowest BCUT2D eigenvalue weighted by molar-refractivity contribution is -0.135. The van der Waals surface area contributed by atoms with E-state index in [0.29, 0.717) is 11.9 Å².